The summed E-state index contributed by atoms with van der Waals surface area (Å²) in [4.78, 5) is 25.3. The number of para-hydroxylation sites is 1. The first-order valence-corrected chi connectivity index (χ1v) is 15.9. The summed E-state index contributed by atoms with van der Waals surface area (Å²) in [6.07, 6.45) is 0.533. The fraction of sp³-hybridized carbons (Fsp3) is 0.444. The minimum atomic E-state index is -0.942. The Bertz CT molecular complexity index is 1370. The molecule has 1 aliphatic heterocycles. The first-order valence-electron chi connectivity index (χ1n) is 15.9. The molecule has 1 amide bonds. The van der Waals surface area contributed by atoms with Crippen LogP contribution in [-0.2, 0) is 32.2 Å². The van der Waals surface area contributed by atoms with Gasteiger partial charge in [-0.1, -0.05) is 42.5 Å². The van der Waals surface area contributed by atoms with Gasteiger partial charge in [0.15, 0.2) is 5.78 Å². The maximum absolute atomic E-state index is 12.1. The van der Waals surface area contributed by atoms with Gasteiger partial charge in [-0.2, -0.15) is 0 Å². The summed E-state index contributed by atoms with van der Waals surface area (Å²) in [6, 6.07) is 23.6. The van der Waals surface area contributed by atoms with Crippen molar-refractivity contribution < 1.29 is 38.4 Å². The molecular weight excluding hydrogens is 588 g/mol. The molecule has 2 N–H and O–H groups in total. The van der Waals surface area contributed by atoms with Crippen molar-refractivity contribution in [1.82, 2.24) is 4.90 Å². The average molecular weight is 635 g/mol. The second-order valence-electron chi connectivity index (χ2n) is 11.1. The number of hydrogen-bond donors (Lipinski definition) is 2. The van der Waals surface area contributed by atoms with Crippen molar-refractivity contribution in [3.05, 3.63) is 89.5 Å². The van der Waals surface area contributed by atoms with Gasteiger partial charge >= 0.3 is 6.09 Å². The van der Waals surface area contributed by atoms with Crippen molar-refractivity contribution in [2.75, 3.05) is 58.5 Å². The third kappa shape index (κ3) is 11.0. The van der Waals surface area contributed by atoms with Crippen molar-refractivity contribution >= 4 is 17.6 Å². The van der Waals surface area contributed by atoms with Crippen molar-refractivity contribution in [1.29, 1.82) is 0 Å². The number of nitrogens with zero attached hydrogens (tertiary/aromatic N) is 1. The lowest BCUT2D eigenvalue weighted by molar-refractivity contribution is -0.118. The number of amides is 1. The van der Waals surface area contributed by atoms with Crippen LogP contribution in [0.15, 0.2) is 72.8 Å². The lowest BCUT2D eigenvalue weighted by Crippen LogP contribution is -2.46. The van der Waals surface area contributed by atoms with Gasteiger partial charge in [0.1, 0.15) is 11.5 Å². The summed E-state index contributed by atoms with van der Waals surface area (Å²) in [5.41, 5.74) is 3.87. The summed E-state index contributed by atoms with van der Waals surface area (Å²) in [5, 5.41) is 12.8. The molecule has 1 aliphatic rings. The maximum Gasteiger partial charge on any atom is 0.407 e. The van der Waals surface area contributed by atoms with Crippen LogP contribution in [0.3, 0.4) is 0 Å². The number of anilines is 1. The smallest absolute Gasteiger partial charge is 0.407 e. The zero-order valence-corrected chi connectivity index (χ0v) is 26.8. The van der Waals surface area contributed by atoms with Crippen LogP contribution in [0.2, 0.25) is 0 Å². The summed E-state index contributed by atoms with van der Waals surface area (Å²) >= 11 is 0. The van der Waals surface area contributed by atoms with E-state index in [1.807, 2.05) is 79.7 Å². The van der Waals surface area contributed by atoms with Crippen LogP contribution in [0.1, 0.15) is 48.8 Å². The van der Waals surface area contributed by atoms with E-state index < -0.39 is 6.09 Å². The number of ether oxygens (including phenoxy) is 5. The van der Waals surface area contributed by atoms with Gasteiger partial charge in [-0.15, -0.1) is 0 Å². The van der Waals surface area contributed by atoms with E-state index in [0.29, 0.717) is 65.6 Å². The summed E-state index contributed by atoms with van der Waals surface area (Å²) < 4.78 is 28.7. The highest BCUT2D eigenvalue weighted by Gasteiger charge is 2.33. The maximum atomic E-state index is 12.1. The van der Waals surface area contributed by atoms with Gasteiger partial charge in [0.05, 0.1) is 59.3 Å². The second-order valence-corrected chi connectivity index (χ2v) is 11.1. The number of carbonyl (C=O) groups excluding carboxylic acids is 1. The van der Waals surface area contributed by atoms with Crippen molar-refractivity contribution in [3.63, 3.8) is 0 Å². The molecule has 0 aromatic heterocycles. The van der Waals surface area contributed by atoms with Crippen LogP contribution < -0.4 is 14.8 Å². The standard InChI is InChI=1S/C36H46N2O8/c1-3-43-21-17-31(39)23-37-30-10-6-8-27(22-30)25-46-35-24-38(36(40)41)18-16-33(35)28-12-14-32(15-13-28)45-20-7-19-44-26-29-9-4-5-11-34(29)42-2/h4-6,8-15,22,33,35,37H,3,7,16-21,23-26H2,1-2H3,(H,40,41). The molecule has 10 heteroatoms. The van der Waals surface area contributed by atoms with Crippen LogP contribution >= 0.6 is 0 Å². The Morgan fingerprint density at radius 1 is 0.957 bits per heavy atom. The fourth-order valence-electron chi connectivity index (χ4n) is 5.40. The normalized spacial score (nSPS) is 16.2. The monoisotopic (exact) mass is 634 g/mol. The number of likely N-dealkylation sites (tertiary alicyclic amines) is 1. The molecule has 2 unspecified atom stereocenters. The zero-order chi connectivity index (χ0) is 32.6. The largest absolute Gasteiger partial charge is 0.496 e. The number of carboxylic acid groups (broad SMARTS) is 1. The molecule has 1 fully saturated rings. The van der Waals surface area contributed by atoms with Crippen LogP contribution in [-0.4, -0.2) is 81.2 Å². The van der Waals surface area contributed by atoms with Crippen molar-refractivity contribution in [2.45, 2.75) is 51.4 Å². The zero-order valence-electron chi connectivity index (χ0n) is 26.8. The van der Waals surface area contributed by atoms with E-state index in [1.165, 1.54) is 4.90 Å². The van der Waals surface area contributed by atoms with Gasteiger partial charge < -0.3 is 39.0 Å². The van der Waals surface area contributed by atoms with E-state index in [-0.39, 0.29) is 24.3 Å². The highest BCUT2D eigenvalue weighted by molar-refractivity contribution is 5.83. The Morgan fingerprint density at radius 3 is 2.57 bits per heavy atom. The van der Waals surface area contributed by atoms with Crippen LogP contribution in [0.5, 0.6) is 11.5 Å². The van der Waals surface area contributed by atoms with E-state index in [1.54, 1.807) is 7.11 Å². The van der Waals surface area contributed by atoms with Gasteiger partial charge in [-0.25, -0.2) is 4.79 Å². The lowest BCUT2D eigenvalue weighted by Gasteiger charge is -2.37. The Morgan fingerprint density at radius 2 is 1.78 bits per heavy atom. The lowest BCUT2D eigenvalue weighted by atomic mass is 9.87. The quantitative estimate of drug-likeness (QED) is 0.150. The number of nitrogens with one attached hydrogen (secondary N) is 1. The van der Waals surface area contributed by atoms with Crippen molar-refractivity contribution in [3.8, 4) is 11.5 Å². The molecule has 4 rings (SSSR count). The molecule has 0 spiro atoms. The number of piperidine rings is 1. The predicted molar refractivity (Wildman–Crippen MR) is 176 cm³/mol. The molecule has 46 heavy (non-hydrogen) atoms. The topological polar surface area (TPSA) is 116 Å². The van der Waals surface area contributed by atoms with E-state index in [4.69, 9.17) is 23.7 Å². The number of benzene rings is 3. The Hall–Kier alpha value is -4.12. The molecule has 248 valence electrons. The molecular formula is C36H46N2O8. The summed E-state index contributed by atoms with van der Waals surface area (Å²) in [7, 11) is 1.65. The molecule has 0 bridgehead atoms. The highest BCUT2D eigenvalue weighted by atomic mass is 16.5. The first kappa shape index (κ1) is 34.7. The van der Waals surface area contributed by atoms with E-state index in [2.05, 4.69) is 5.32 Å². The Kier molecular flexibility index (Phi) is 14.2. The van der Waals surface area contributed by atoms with E-state index >= 15 is 0 Å². The van der Waals surface area contributed by atoms with Crippen LogP contribution in [0, 0.1) is 0 Å². The summed E-state index contributed by atoms with van der Waals surface area (Å²) in [6.45, 7) is 5.81. The molecule has 3 aromatic rings. The van der Waals surface area contributed by atoms with Gasteiger partial charge in [-0.3, -0.25) is 4.79 Å². The number of Topliss-reactive ketones (excluding diaryl/α,β-unsaturated/α-hetero) is 1. The fourth-order valence-corrected chi connectivity index (χ4v) is 5.40. The Labute approximate surface area is 271 Å². The third-order valence-electron chi connectivity index (χ3n) is 7.90. The van der Waals surface area contributed by atoms with Gasteiger partial charge in [0.2, 0.25) is 0 Å². The molecule has 1 saturated heterocycles. The summed E-state index contributed by atoms with van der Waals surface area (Å²) in [5.74, 6) is 1.71. The number of methoxy groups -OCH3 is 1. The molecule has 2 atom stereocenters. The van der Waals surface area contributed by atoms with Crippen LogP contribution in [0.25, 0.3) is 0 Å². The number of ketones is 1. The number of rotatable bonds is 19. The SMILES string of the molecule is CCOCCC(=O)CNc1cccc(COC2CN(C(=O)O)CCC2c2ccc(OCCCOCc3ccccc3OC)cc2)c1. The average Bonchev–Trinajstić information content (AvgIpc) is 3.08. The molecule has 0 aliphatic carbocycles. The predicted octanol–water partition coefficient (Wildman–Crippen LogP) is 6.14. The number of carbonyl (C=O) groups is 2. The van der Waals surface area contributed by atoms with Crippen LogP contribution in [0.4, 0.5) is 10.5 Å². The molecule has 0 radical (unpaired) electrons. The van der Waals surface area contributed by atoms with Crippen molar-refractivity contribution in [2.24, 2.45) is 0 Å². The molecule has 3 aromatic carbocycles. The third-order valence-corrected chi connectivity index (χ3v) is 7.90. The molecule has 0 saturated carbocycles. The minimum absolute atomic E-state index is 0.0392. The van der Waals surface area contributed by atoms with E-state index in [0.717, 1.165) is 40.3 Å². The Balaban J connectivity index is 1.26. The van der Waals surface area contributed by atoms with Gasteiger partial charge in [0.25, 0.3) is 0 Å². The second kappa shape index (κ2) is 18.8. The number of hydrogen-bond acceptors (Lipinski definition) is 8. The highest BCUT2D eigenvalue weighted by Crippen LogP contribution is 2.32. The molecule has 1 heterocycles. The van der Waals surface area contributed by atoms with Gasteiger partial charge in [0, 0.05) is 43.2 Å². The van der Waals surface area contributed by atoms with Gasteiger partial charge in [-0.05, 0) is 54.8 Å². The first-order chi connectivity index (χ1) is 22.5. The molecule has 10 nitrogen and oxygen atoms in total. The minimum Gasteiger partial charge on any atom is -0.496 e. The van der Waals surface area contributed by atoms with E-state index in [9.17, 15) is 14.7 Å².